The van der Waals surface area contributed by atoms with Crippen LogP contribution in [0.2, 0.25) is 0 Å². The van der Waals surface area contributed by atoms with Crippen molar-refractivity contribution in [3.8, 4) is 0 Å². The van der Waals surface area contributed by atoms with E-state index < -0.39 is 0 Å². The number of nitrogens with zero attached hydrogens (tertiary/aromatic N) is 1. The molecule has 0 aromatic carbocycles. The summed E-state index contributed by atoms with van der Waals surface area (Å²) in [6.07, 6.45) is 13.3. The van der Waals surface area contributed by atoms with Crippen LogP contribution in [-0.4, -0.2) is 11.9 Å². The van der Waals surface area contributed by atoms with Crippen LogP contribution >= 0.6 is 11.8 Å². The van der Waals surface area contributed by atoms with Gasteiger partial charge in [0.2, 0.25) is 0 Å². The Kier molecular flexibility index (Phi) is 5.79. The second-order valence-corrected chi connectivity index (χ2v) is 4.96. The average Bonchev–Trinajstić information content (AvgIpc) is 2.39. The highest BCUT2D eigenvalue weighted by Crippen LogP contribution is 2.40. The van der Waals surface area contributed by atoms with Crippen molar-refractivity contribution in [2.75, 3.05) is 7.05 Å². The summed E-state index contributed by atoms with van der Waals surface area (Å²) >= 11 is 1.72. The van der Waals surface area contributed by atoms with Crippen molar-refractivity contribution in [3.05, 3.63) is 70.8 Å². The van der Waals surface area contributed by atoms with Crippen LogP contribution in [0.1, 0.15) is 20.3 Å². The van der Waals surface area contributed by atoms with Crippen LogP contribution in [0, 0.1) is 0 Å². The lowest BCUT2D eigenvalue weighted by Crippen LogP contribution is -2.20. The van der Waals surface area contributed by atoms with E-state index in [0.717, 1.165) is 6.42 Å². The van der Waals surface area contributed by atoms with Gasteiger partial charge in [-0.25, -0.2) is 0 Å². The van der Waals surface area contributed by atoms with Crippen molar-refractivity contribution >= 4 is 11.8 Å². The molecule has 1 rings (SSSR count). The van der Waals surface area contributed by atoms with Gasteiger partial charge in [-0.05, 0) is 25.5 Å². The molecule has 0 N–H and O–H groups in total. The molecule has 0 fully saturated rings. The first-order valence-electron chi connectivity index (χ1n) is 6.13. The Labute approximate surface area is 115 Å². The van der Waals surface area contributed by atoms with Gasteiger partial charge >= 0.3 is 0 Å². The van der Waals surface area contributed by atoms with Gasteiger partial charge in [0.05, 0.1) is 11.4 Å². The lowest BCUT2D eigenvalue weighted by atomic mass is 10.2. The number of hydrogen-bond donors (Lipinski definition) is 0. The molecule has 0 saturated heterocycles. The number of thioether (sulfide) groups is 1. The zero-order chi connectivity index (χ0) is 13.5. The Hall–Kier alpha value is -1.41. The van der Waals surface area contributed by atoms with Gasteiger partial charge < -0.3 is 4.90 Å². The summed E-state index contributed by atoms with van der Waals surface area (Å²) in [6, 6.07) is 0. The molecule has 18 heavy (non-hydrogen) atoms. The van der Waals surface area contributed by atoms with Crippen molar-refractivity contribution in [2.45, 2.75) is 20.3 Å². The van der Waals surface area contributed by atoms with Crippen molar-refractivity contribution < 1.29 is 0 Å². The summed E-state index contributed by atoms with van der Waals surface area (Å²) in [7, 11) is 2.08. The summed E-state index contributed by atoms with van der Waals surface area (Å²) in [4.78, 5) is 4.53. The molecule has 96 valence electrons. The first-order valence-corrected chi connectivity index (χ1v) is 6.95. The van der Waals surface area contributed by atoms with Crippen molar-refractivity contribution in [2.24, 2.45) is 0 Å². The Morgan fingerprint density at radius 3 is 2.11 bits per heavy atom. The van der Waals surface area contributed by atoms with Crippen molar-refractivity contribution in [1.82, 2.24) is 4.90 Å². The van der Waals surface area contributed by atoms with E-state index in [1.165, 1.54) is 21.2 Å². The van der Waals surface area contributed by atoms with Crippen LogP contribution in [0.3, 0.4) is 0 Å². The van der Waals surface area contributed by atoms with E-state index in [1.807, 2.05) is 19.1 Å². The normalized spacial score (nSPS) is 17.2. The van der Waals surface area contributed by atoms with Gasteiger partial charge in [0.1, 0.15) is 0 Å². The third kappa shape index (κ3) is 3.08. The van der Waals surface area contributed by atoms with E-state index >= 15 is 0 Å². The molecule has 0 radical (unpaired) electrons. The average molecular weight is 259 g/mol. The summed E-state index contributed by atoms with van der Waals surface area (Å²) in [5.74, 6) is 0. The Morgan fingerprint density at radius 2 is 1.67 bits per heavy atom. The maximum atomic E-state index is 3.90. The van der Waals surface area contributed by atoms with E-state index in [0.29, 0.717) is 0 Å². The number of allylic oxidation sites excluding steroid dienone is 6. The lowest BCUT2D eigenvalue weighted by molar-refractivity contribution is 0.549. The van der Waals surface area contributed by atoms with E-state index in [-0.39, 0.29) is 0 Å². The minimum atomic E-state index is 1.03. The smallest absolute Gasteiger partial charge is 0.0546 e. The predicted octanol–water partition coefficient (Wildman–Crippen LogP) is 5.00. The van der Waals surface area contributed by atoms with Crippen LogP contribution < -0.4 is 0 Å². The number of likely N-dealkylation sites (N-methyl/N-ethyl adjacent to an activating group) is 1. The zero-order valence-electron chi connectivity index (χ0n) is 11.4. The minimum Gasteiger partial charge on any atom is -0.343 e. The third-order valence-electron chi connectivity index (χ3n) is 2.65. The van der Waals surface area contributed by atoms with E-state index in [9.17, 15) is 0 Å². The van der Waals surface area contributed by atoms with E-state index in [4.69, 9.17) is 0 Å². The van der Waals surface area contributed by atoms with Crippen LogP contribution in [0.25, 0.3) is 0 Å². The number of hydrogen-bond acceptors (Lipinski definition) is 2. The molecule has 0 amide bonds. The van der Waals surface area contributed by atoms with Crippen LogP contribution in [0.4, 0.5) is 0 Å². The highest BCUT2D eigenvalue weighted by Gasteiger charge is 2.19. The van der Waals surface area contributed by atoms with E-state index in [2.05, 4.69) is 56.3 Å². The van der Waals surface area contributed by atoms with E-state index in [1.54, 1.807) is 11.8 Å². The number of rotatable bonds is 5. The monoisotopic (exact) mass is 259 g/mol. The van der Waals surface area contributed by atoms with Crippen molar-refractivity contribution in [1.29, 1.82) is 0 Å². The molecule has 1 nitrogen and oxygen atoms in total. The Bertz CT molecular complexity index is 450. The van der Waals surface area contributed by atoms with Gasteiger partial charge in [0.15, 0.2) is 0 Å². The fourth-order valence-corrected chi connectivity index (χ4v) is 2.77. The Balaban J connectivity index is 3.25. The highest BCUT2D eigenvalue weighted by molar-refractivity contribution is 8.07. The molecule has 1 aliphatic heterocycles. The Morgan fingerprint density at radius 1 is 1.11 bits per heavy atom. The first kappa shape index (κ1) is 14.7. The largest absolute Gasteiger partial charge is 0.343 e. The van der Waals surface area contributed by atoms with Gasteiger partial charge in [0, 0.05) is 16.9 Å². The summed E-state index contributed by atoms with van der Waals surface area (Å²) in [6.45, 7) is 12.0. The quantitative estimate of drug-likeness (QED) is 0.683. The molecule has 2 heteroatoms. The van der Waals surface area contributed by atoms with Crippen molar-refractivity contribution in [3.63, 3.8) is 0 Å². The highest BCUT2D eigenvalue weighted by atomic mass is 32.2. The summed E-state index contributed by atoms with van der Waals surface area (Å²) < 4.78 is 0. The molecule has 1 heterocycles. The summed E-state index contributed by atoms with van der Waals surface area (Å²) in [5.41, 5.74) is 2.37. The molecule has 0 aromatic rings. The maximum absolute atomic E-state index is 3.90. The van der Waals surface area contributed by atoms with Crippen LogP contribution in [0.15, 0.2) is 70.8 Å². The molecule has 0 saturated carbocycles. The molecule has 0 bridgehead atoms. The standard InChI is InChI=1S/C16H21NS/c1-6-10-12-14-16(9-4)18-15(8-3)13(11-7-2)17(14)5/h7-12H,3-4,6H2,1-2,5H3/b11-7-,12-10-. The van der Waals surface area contributed by atoms with Gasteiger partial charge in [-0.15, -0.1) is 0 Å². The topological polar surface area (TPSA) is 3.24 Å². The lowest BCUT2D eigenvalue weighted by Gasteiger charge is -2.30. The molecule has 0 unspecified atom stereocenters. The third-order valence-corrected chi connectivity index (χ3v) is 3.85. The fraction of sp³-hybridized carbons (Fsp3) is 0.250. The first-order chi connectivity index (χ1) is 8.69. The zero-order valence-corrected chi connectivity index (χ0v) is 12.3. The minimum absolute atomic E-state index is 1.03. The van der Waals surface area contributed by atoms with Gasteiger partial charge in [0.25, 0.3) is 0 Å². The molecule has 0 aromatic heterocycles. The van der Waals surface area contributed by atoms with Crippen LogP contribution in [-0.2, 0) is 0 Å². The molecule has 0 atom stereocenters. The van der Waals surface area contributed by atoms with Gasteiger partial charge in [-0.1, -0.05) is 56.1 Å². The molecular formula is C16H21NS. The fourth-order valence-electron chi connectivity index (χ4n) is 1.75. The molecule has 0 spiro atoms. The summed E-state index contributed by atoms with van der Waals surface area (Å²) in [5, 5.41) is 0. The molecular weight excluding hydrogens is 238 g/mol. The SMILES string of the molecule is C=CC1=C(/C=C\C)N(C)C(/C=C\CC)=C(C=C)S1. The second-order valence-electron chi connectivity index (χ2n) is 3.88. The van der Waals surface area contributed by atoms with Gasteiger partial charge in [-0.3, -0.25) is 0 Å². The predicted molar refractivity (Wildman–Crippen MR) is 84.0 cm³/mol. The van der Waals surface area contributed by atoms with Gasteiger partial charge in [-0.2, -0.15) is 0 Å². The van der Waals surface area contributed by atoms with Crippen LogP contribution in [0.5, 0.6) is 0 Å². The molecule has 1 aliphatic rings. The molecule has 0 aliphatic carbocycles. The second kappa shape index (κ2) is 7.12. The maximum Gasteiger partial charge on any atom is 0.0546 e.